The van der Waals surface area contributed by atoms with Crippen LogP contribution in [0.25, 0.3) is 0 Å². The van der Waals surface area contributed by atoms with Gasteiger partial charge in [-0.25, -0.2) is 0 Å². The van der Waals surface area contributed by atoms with Crippen molar-refractivity contribution in [2.45, 2.75) is 13.0 Å². The van der Waals surface area contributed by atoms with Crippen LogP contribution in [0, 0.1) is 11.3 Å². The number of thiophene rings is 1. The van der Waals surface area contributed by atoms with Crippen molar-refractivity contribution in [2.75, 3.05) is 18.2 Å². The van der Waals surface area contributed by atoms with Crippen LogP contribution < -0.4 is 15.8 Å². The summed E-state index contributed by atoms with van der Waals surface area (Å²) < 4.78 is 5.27. The van der Waals surface area contributed by atoms with Gasteiger partial charge in [0.25, 0.3) is 0 Å². The summed E-state index contributed by atoms with van der Waals surface area (Å²) in [7, 11) is 1.55. The standard InChI is InChI=1S/C14H15N3OS/c1-9(10-6-4-3-5-7-10)17-14-13(18-2)12(16)11(8-15)19-14/h3-7,9,17H,16H2,1-2H3. The van der Waals surface area contributed by atoms with Crippen molar-refractivity contribution in [1.82, 2.24) is 0 Å². The monoisotopic (exact) mass is 273 g/mol. The van der Waals surface area contributed by atoms with Gasteiger partial charge >= 0.3 is 0 Å². The van der Waals surface area contributed by atoms with E-state index in [-0.39, 0.29) is 6.04 Å². The van der Waals surface area contributed by atoms with Gasteiger partial charge in [-0.2, -0.15) is 5.26 Å². The zero-order valence-corrected chi connectivity index (χ0v) is 11.6. The number of benzene rings is 1. The van der Waals surface area contributed by atoms with Crippen LogP contribution in [0.5, 0.6) is 5.75 Å². The molecule has 0 saturated carbocycles. The smallest absolute Gasteiger partial charge is 0.177 e. The van der Waals surface area contributed by atoms with Crippen LogP contribution in [-0.2, 0) is 0 Å². The normalized spacial score (nSPS) is 11.6. The molecule has 19 heavy (non-hydrogen) atoms. The lowest BCUT2D eigenvalue weighted by Gasteiger charge is -2.15. The molecule has 4 nitrogen and oxygen atoms in total. The molecular formula is C14H15N3OS. The van der Waals surface area contributed by atoms with E-state index < -0.39 is 0 Å². The van der Waals surface area contributed by atoms with Crippen LogP contribution in [0.3, 0.4) is 0 Å². The SMILES string of the molecule is COc1c(NC(C)c2ccccc2)sc(C#N)c1N. The van der Waals surface area contributed by atoms with E-state index in [9.17, 15) is 0 Å². The van der Waals surface area contributed by atoms with Crippen LogP contribution >= 0.6 is 11.3 Å². The summed E-state index contributed by atoms with van der Waals surface area (Å²) in [5.41, 5.74) is 7.43. The maximum Gasteiger partial charge on any atom is 0.177 e. The number of methoxy groups -OCH3 is 1. The minimum absolute atomic E-state index is 0.111. The van der Waals surface area contributed by atoms with Crippen molar-refractivity contribution >= 4 is 22.0 Å². The molecule has 1 heterocycles. The van der Waals surface area contributed by atoms with Crippen molar-refractivity contribution < 1.29 is 4.74 Å². The molecule has 1 aromatic heterocycles. The zero-order valence-electron chi connectivity index (χ0n) is 10.8. The predicted molar refractivity (Wildman–Crippen MR) is 78.5 cm³/mol. The highest BCUT2D eigenvalue weighted by Crippen LogP contribution is 2.43. The molecule has 0 aliphatic heterocycles. The van der Waals surface area contributed by atoms with Crippen molar-refractivity contribution in [3.63, 3.8) is 0 Å². The maximum atomic E-state index is 9.00. The average Bonchev–Trinajstić information content (AvgIpc) is 2.75. The highest BCUT2D eigenvalue weighted by molar-refractivity contribution is 7.17. The van der Waals surface area contributed by atoms with Crippen molar-refractivity contribution in [2.24, 2.45) is 0 Å². The number of rotatable bonds is 4. The van der Waals surface area contributed by atoms with Gasteiger partial charge in [0.2, 0.25) is 0 Å². The molecule has 2 aromatic rings. The van der Waals surface area contributed by atoms with Gasteiger partial charge in [-0.1, -0.05) is 30.3 Å². The second-order valence-corrected chi connectivity index (χ2v) is 5.12. The fraction of sp³-hybridized carbons (Fsp3) is 0.214. The third kappa shape index (κ3) is 2.64. The number of nitrogen functional groups attached to an aromatic ring is 1. The van der Waals surface area contributed by atoms with Gasteiger partial charge in [0.1, 0.15) is 21.6 Å². The van der Waals surface area contributed by atoms with E-state index in [1.54, 1.807) is 7.11 Å². The lowest BCUT2D eigenvalue weighted by molar-refractivity contribution is 0.420. The summed E-state index contributed by atoms with van der Waals surface area (Å²) in [4.78, 5) is 0.472. The molecule has 0 aliphatic carbocycles. The molecule has 0 amide bonds. The van der Waals surface area contributed by atoms with Gasteiger partial charge in [-0.15, -0.1) is 11.3 Å². The highest BCUT2D eigenvalue weighted by Gasteiger charge is 2.18. The summed E-state index contributed by atoms with van der Waals surface area (Å²) in [6, 6.07) is 12.3. The molecule has 0 radical (unpaired) electrons. The summed E-state index contributed by atoms with van der Waals surface area (Å²) in [5, 5.41) is 13.1. The minimum atomic E-state index is 0.111. The summed E-state index contributed by atoms with van der Waals surface area (Å²) in [6.45, 7) is 2.05. The van der Waals surface area contributed by atoms with E-state index in [1.807, 2.05) is 30.3 Å². The molecule has 3 N–H and O–H groups in total. The Bertz CT molecular complexity index is 601. The van der Waals surface area contributed by atoms with Gasteiger partial charge in [-0.3, -0.25) is 0 Å². The molecule has 98 valence electrons. The molecule has 2 rings (SSSR count). The quantitative estimate of drug-likeness (QED) is 0.895. The summed E-state index contributed by atoms with van der Waals surface area (Å²) in [5.74, 6) is 0.546. The van der Waals surface area contributed by atoms with E-state index in [1.165, 1.54) is 11.3 Å². The van der Waals surface area contributed by atoms with Gasteiger partial charge < -0.3 is 15.8 Å². The number of ether oxygens (including phenoxy) is 1. The largest absolute Gasteiger partial charge is 0.492 e. The molecular weight excluding hydrogens is 258 g/mol. The molecule has 0 bridgehead atoms. The fourth-order valence-corrected chi connectivity index (χ4v) is 2.81. The lowest BCUT2D eigenvalue weighted by atomic mass is 10.1. The first-order valence-corrected chi connectivity index (χ1v) is 6.66. The summed E-state index contributed by atoms with van der Waals surface area (Å²) in [6.07, 6.45) is 0. The predicted octanol–water partition coefficient (Wildman–Crippen LogP) is 3.38. The van der Waals surface area contributed by atoms with Crippen molar-refractivity contribution in [1.29, 1.82) is 5.26 Å². The topological polar surface area (TPSA) is 71.1 Å². The Labute approximate surface area is 116 Å². The number of anilines is 2. The molecule has 0 aliphatic rings. The Hall–Kier alpha value is -2.19. The highest BCUT2D eigenvalue weighted by atomic mass is 32.1. The first-order chi connectivity index (χ1) is 9.17. The molecule has 0 saturated heterocycles. The molecule has 1 unspecified atom stereocenters. The summed E-state index contributed by atoms with van der Waals surface area (Å²) >= 11 is 1.31. The molecule has 1 atom stereocenters. The second-order valence-electron chi connectivity index (χ2n) is 4.10. The third-order valence-corrected chi connectivity index (χ3v) is 3.88. The van der Waals surface area contributed by atoms with Gasteiger partial charge in [0.05, 0.1) is 7.11 Å². The number of nitrogens with one attached hydrogen (secondary N) is 1. The number of nitriles is 1. The molecule has 5 heteroatoms. The number of nitrogens with zero attached hydrogens (tertiary/aromatic N) is 1. The third-order valence-electron chi connectivity index (χ3n) is 2.85. The van der Waals surface area contributed by atoms with Crippen LogP contribution in [0.2, 0.25) is 0 Å². The first kappa shape index (κ1) is 13.2. The van der Waals surface area contributed by atoms with E-state index in [2.05, 4.69) is 18.3 Å². The molecule has 0 fully saturated rings. The number of nitrogens with two attached hydrogens (primary N) is 1. The van der Waals surface area contributed by atoms with Crippen LogP contribution in [0.4, 0.5) is 10.7 Å². The van der Waals surface area contributed by atoms with Gasteiger partial charge in [0, 0.05) is 6.04 Å². The molecule has 0 spiro atoms. The minimum Gasteiger partial charge on any atom is -0.492 e. The van der Waals surface area contributed by atoms with E-state index >= 15 is 0 Å². The zero-order chi connectivity index (χ0) is 13.8. The Kier molecular flexibility index (Phi) is 3.93. The van der Waals surface area contributed by atoms with Crippen molar-refractivity contribution in [3.8, 4) is 11.8 Å². The van der Waals surface area contributed by atoms with Crippen LogP contribution in [0.15, 0.2) is 30.3 Å². The van der Waals surface area contributed by atoms with Crippen LogP contribution in [0.1, 0.15) is 23.4 Å². The fourth-order valence-electron chi connectivity index (χ4n) is 1.83. The Balaban J connectivity index is 2.27. The van der Waals surface area contributed by atoms with Crippen LogP contribution in [-0.4, -0.2) is 7.11 Å². The van der Waals surface area contributed by atoms with E-state index in [0.29, 0.717) is 16.3 Å². The lowest BCUT2D eigenvalue weighted by Crippen LogP contribution is -2.06. The number of hydrogen-bond donors (Lipinski definition) is 2. The van der Waals surface area contributed by atoms with E-state index in [4.69, 9.17) is 15.7 Å². The Morgan fingerprint density at radius 3 is 2.63 bits per heavy atom. The average molecular weight is 273 g/mol. The van der Waals surface area contributed by atoms with Gasteiger partial charge in [0.15, 0.2) is 5.75 Å². The first-order valence-electron chi connectivity index (χ1n) is 5.85. The Morgan fingerprint density at radius 2 is 2.05 bits per heavy atom. The second kappa shape index (κ2) is 5.63. The van der Waals surface area contributed by atoms with Gasteiger partial charge in [-0.05, 0) is 12.5 Å². The Morgan fingerprint density at radius 1 is 1.37 bits per heavy atom. The number of hydrogen-bond acceptors (Lipinski definition) is 5. The van der Waals surface area contributed by atoms with Crippen molar-refractivity contribution in [3.05, 3.63) is 40.8 Å². The molecule has 1 aromatic carbocycles. The maximum absolute atomic E-state index is 9.00. The van der Waals surface area contributed by atoms with E-state index in [0.717, 1.165) is 10.6 Å².